The number of rotatable bonds is 6. The van der Waals surface area contributed by atoms with Gasteiger partial charge in [-0.2, -0.15) is 26.9 Å². The van der Waals surface area contributed by atoms with E-state index in [1.54, 1.807) is 25.1 Å². The molecule has 10 heteroatoms. The molecule has 0 aromatic heterocycles. The molecule has 34 heavy (non-hydrogen) atoms. The maximum absolute atomic E-state index is 12.9. The van der Waals surface area contributed by atoms with Crippen LogP contribution in [0.2, 0.25) is 0 Å². The number of nitrogens with zero attached hydrogens (tertiary/aromatic N) is 1. The third kappa shape index (κ3) is 6.02. The predicted molar refractivity (Wildman–Crippen MR) is 119 cm³/mol. The molecule has 3 rings (SSSR count). The molecule has 6 nitrogen and oxygen atoms in total. The Morgan fingerprint density at radius 3 is 2.35 bits per heavy atom. The van der Waals surface area contributed by atoms with Crippen LogP contribution in [0.3, 0.4) is 0 Å². The van der Waals surface area contributed by atoms with Gasteiger partial charge in [-0.25, -0.2) is 0 Å². The monoisotopic (exact) mass is 486 g/mol. The summed E-state index contributed by atoms with van der Waals surface area (Å²) in [4.78, 5) is 12.4. The Balaban J connectivity index is 1.88. The van der Waals surface area contributed by atoms with E-state index in [2.05, 4.69) is 5.32 Å². The largest absolute Gasteiger partial charge is 0.416 e. The fourth-order valence-corrected chi connectivity index (χ4v) is 3.78. The van der Waals surface area contributed by atoms with Gasteiger partial charge in [-0.3, -0.25) is 4.79 Å². The standard InChI is InChI=1S/C24H17F3N2O4S/c1-16-9-11-21(12-10-16)34(31,32)33-22-8-3-2-5-17(22)13-18(15-28)23(30)29-20-7-4-6-19(14-20)24(25,26)27/h2-14H,1H3,(H,29,30). The third-order valence-electron chi connectivity index (χ3n) is 4.54. The first-order valence-corrected chi connectivity index (χ1v) is 11.1. The van der Waals surface area contributed by atoms with E-state index < -0.39 is 33.3 Å². The van der Waals surface area contributed by atoms with Crippen molar-refractivity contribution in [3.05, 3.63) is 95.1 Å². The highest BCUT2D eigenvalue weighted by molar-refractivity contribution is 7.87. The number of benzene rings is 3. The molecule has 0 unspecified atom stereocenters. The van der Waals surface area contributed by atoms with E-state index >= 15 is 0 Å². The maximum Gasteiger partial charge on any atom is 0.416 e. The molecule has 0 radical (unpaired) electrons. The van der Waals surface area contributed by atoms with Crippen molar-refractivity contribution < 1.29 is 30.6 Å². The fraction of sp³-hybridized carbons (Fsp3) is 0.0833. The summed E-state index contributed by atoms with van der Waals surface area (Å²) in [5.74, 6) is -1.11. The minimum Gasteiger partial charge on any atom is -0.378 e. The number of alkyl halides is 3. The van der Waals surface area contributed by atoms with E-state index in [1.807, 2.05) is 0 Å². The molecule has 0 atom stereocenters. The summed E-state index contributed by atoms with van der Waals surface area (Å²) >= 11 is 0. The van der Waals surface area contributed by atoms with Gasteiger partial charge in [0.05, 0.1) is 5.56 Å². The first kappa shape index (κ1) is 24.5. The Morgan fingerprint density at radius 1 is 1.03 bits per heavy atom. The van der Waals surface area contributed by atoms with Crippen molar-refractivity contribution in [1.29, 1.82) is 5.26 Å². The molecule has 0 saturated heterocycles. The predicted octanol–water partition coefficient (Wildman–Crippen LogP) is 5.33. The lowest BCUT2D eigenvalue weighted by Crippen LogP contribution is -2.15. The van der Waals surface area contributed by atoms with Crippen LogP contribution in [-0.2, 0) is 21.1 Å². The van der Waals surface area contributed by atoms with E-state index in [4.69, 9.17) is 4.18 Å². The second-order valence-electron chi connectivity index (χ2n) is 7.09. The number of anilines is 1. The number of aryl methyl sites for hydroxylation is 1. The van der Waals surface area contributed by atoms with Crippen molar-refractivity contribution in [2.45, 2.75) is 18.0 Å². The number of nitrogens with one attached hydrogen (secondary N) is 1. The molecule has 0 saturated carbocycles. The Morgan fingerprint density at radius 2 is 1.71 bits per heavy atom. The molecule has 0 aliphatic heterocycles. The first-order chi connectivity index (χ1) is 16.0. The second kappa shape index (κ2) is 9.80. The molecule has 0 aliphatic carbocycles. The second-order valence-corrected chi connectivity index (χ2v) is 8.64. The lowest BCUT2D eigenvalue weighted by molar-refractivity contribution is -0.137. The topological polar surface area (TPSA) is 96.3 Å². The number of amides is 1. The van der Waals surface area contributed by atoms with Crippen LogP contribution in [0.4, 0.5) is 18.9 Å². The van der Waals surface area contributed by atoms with E-state index in [0.29, 0.717) is 0 Å². The molecule has 3 aromatic rings. The van der Waals surface area contributed by atoms with Crippen LogP contribution in [0.25, 0.3) is 6.08 Å². The van der Waals surface area contributed by atoms with Crippen LogP contribution in [0.15, 0.2) is 83.3 Å². The van der Waals surface area contributed by atoms with Gasteiger partial charge in [-0.15, -0.1) is 0 Å². The number of hydrogen-bond acceptors (Lipinski definition) is 5. The van der Waals surface area contributed by atoms with Crippen LogP contribution in [0.1, 0.15) is 16.7 Å². The minimum atomic E-state index is -4.60. The van der Waals surface area contributed by atoms with E-state index in [0.717, 1.165) is 29.8 Å². The van der Waals surface area contributed by atoms with Crippen molar-refractivity contribution >= 4 is 27.8 Å². The van der Waals surface area contributed by atoms with Gasteiger partial charge in [0.1, 0.15) is 22.3 Å². The Bertz CT molecular complexity index is 1390. The summed E-state index contributed by atoms with van der Waals surface area (Å²) in [6, 6.07) is 17.4. The fourth-order valence-electron chi connectivity index (χ4n) is 2.82. The van der Waals surface area contributed by atoms with Gasteiger partial charge < -0.3 is 9.50 Å². The zero-order valence-corrected chi connectivity index (χ0v) is 18.4. The van der Waals surface area contributed by atoms with Crippen LogP contribution in [0, 0.1) is 18.3 Å². The highest BCUT2D eigenvalue weighted by atomic mass is 32.2. The van der Waals surface area contributed by atoms with Gasteiger partial charge in [0.2, 0.25) is 0 Å². The molecule has 174 valence electrons. The van der Waals surface area contributed by atoms with Crippen LogP contribution in [-0.4, -0.2) is 14.3 Å². The molecule has 1 N–H and O–H groups in total. The zero-order chi connectivity index (χ0) is 24.9. The minimum absolute atomic E-state index is 0.0836. The molecule has 0 heterocycles. The number of nitriles is 1. The molecule has 3 aromatic carbocycles. The van der Waals surface area contributed by atoms with Gasteiger partial charge in [-0.05, 0) is 49.4 Å². The van der Waals surface area contributed by atoms with Crippen LogP contribution >= 0.6 is 0 Å². The molecule has 1 amide bonds. The SMILES string of the molecule is Cc1ccc(S(=O)(=O)Oc2ccccc2C=C(C#N)C(=O)Nc2cccc(C(F)(F)F)c2)cc1. The highest BCUT2D eigenvalue weighted by Crippen LogP contribution is 2.31. The average molecular weight is 486 g/mol. The first-order valence-electron chi connectivity index (χ1n) is 9.70. The van der Waals surface area contributed by atoms with Crippen LogP contribution in [0.5, 0.6) is 5.75 Å². The Labute approximate surface area is 194 Å². The molecule has 0 fully saturated rings. The Hall–Kier alpha value is -4.10. The zero-order valence-electron chi connectivity index (χ0n) is 17.6. The van der Waals surface area contributed by atoms with Crippen molar-refractivity contribution in [1.82, 2.24) is 0 Å². The summed E-state index contributed by atoms with van der Waals surface area (Å²) in [5, 5.41) is 11.7. The molecular weight excluding hydrogens is 469 g/mol. The molecule has 0 aliphatic rings. The average Bonchev–Trinajstić information content (AvgIpc) is 2.78. The number of para-hydroxylation sites is 1. The lowest BCUT2D eigenvalue weighted by Gasteiger charge is -2.11. The van der Waals surface area contributed by atoms with Crippen molar-refractivity contribution in [3.63, 3.8) is 0 Å². The van der Waals surface area contributed by atoms with Gasteiger partial charge in [0.25, 0.3) is 5.91 Å². The smallest absolute Gasteiger partial charge is 0.378 e. The lowest BCUT2D eigenvalue weighted by atomic mass is 10.1. The summed E-state index contributed by atoms with van der Waals surface area (Å²) in [6.45, 7) is 1.80. The third-order valence-corrected chi connectivity index (χ3v) is 5.79. The quantitative estimate of drug-likeness (QED) is 0.289. The summed E-state index contributed by atoms with van der Waals surface area (Å²) in [6.07, 6.45) is -3.52. The number of carbonyl (C=O) groups excluding carboxylic acids is 1. The molecule has 0 spiro atoms. The molecular formula is C24H17F3N2O4S. The van der Waals surface area contributed by atoms with Gasteiger partial charge >= 0.3 is 16.3 Å². The highest BCUT2D eigenvalue weighted by Gasteiger charge is 2.30. The number of halogens is 3. The van der Waals surface area contributed by atoms with Gasteiger partial charge in [-0.1, -0.05) is 42.0 Å². The van der Waals surface area contributed by atoms with Crippen molar-refractivity contribution in [2.75, 3.05) is 5.32 Å². The van der Waals surface area contributed by atoms with Crippen LogP contribution < -0.4 is 9.50 Å². The maximum atomic E-state index is 12.9. The number of hydrogen-bond donors (Lipinski definition) is 1. The Kier molecular flexibility index (Phi) is 7.08. The van der Waals surface area contributed by atoms with E-state index in [1.165, 1.54) is 42.5 Å². The van der Waals surface area contributed by atoms with Gasteiger partial charge in [0.15, 0.2) is 0 Å². The van der Waals surface area contributed by atoms with E-state index in [9.17, 15) is 31.6 Å². The van der Waals surface area contributed by atoms with E-state index in [-0.39, 0.29) is 21.9 Å². The van der Waals surface area contributed by atoms with Crippen molar-refractivity contribution in [2.24, 2.45) is 0 Å². The number of carbonyl (C=O) groups is 1. The van der Waals surface area contributed by atoms with Crippen molar-refractivity contribution in [3.8, 4) is 11.8 Å². The van der Waals surface area contributed by atoms with Gasteiger partial charge in [0, 0.05) is 11.3 Å². The molecule has 0 bridgehead atoms. The summed E-state index contributed by atoms with van der Waals surface area (Å²) in [7, 11) is -4.20. The normalized spacial score (nSPS) is 12.0. The summed E-state index contributed by atoms with van der Waals surface area (Å²) in [5.41, 5.74) is -0.636. The summed E-state index contributed by atoms with van der Waals surface area (Å²) < 4.78 is 69.2.